The van der Waals surface area contributed by atoms with Gasteiger partial charge in [-0.05, 0) is 60.0 Å². The molecule has 4 rings (SSSR count). The maximum Gasteiger partial charge on any atom is 0.128 e. The summed E-state index contributed by atoms with van der Waals surface area (Å²) in [5.74, 6) is 1.02. The van der Waals surface area contributed by atoms with Gasteiger partial charge in [0.25, 0.3) is 0 Å². The summed E-state index contributed by atoms with van der Waals surface area (Å²) in [5, 5.41) is 4.32. The van der Waals surface area contributed by atoms with Gasteiger partial charge in [0.1, 0.15) is 5.82 Å². The second-order valence-electron chi connectivity index (χ2n) is 6.78. The molecule has 0 aliphatic carbocycles. The van der Waals surface area contributed by atoms with E-state index in [2.05, 4.69) is 56.0 Å². The van der Waals surface area contributed by atoms with E-state index in [1.165, 1.54) is 0 Å². The first-order valence-electron chi connectivity index (χ1n) is 8.15. The molecule has 124 valence electrons. The molecule has 0 radical (unpaired) electrons. The Labute approximate surface area is 149 Å². The Balaban J connectivity index is 1.63. The van der Waals surface area contributed by atoms with Crippen molar-refractivity contribution in [3.63, 3.8) is 0 Å². The fourth-order valence-corrected chi connectivity index (χ4v) is 3.63. The minimum absolute atomic E-state index is 0.0413. The summed E-state index contributed by atoms with van der Waals surface area (Å²) in [6.07, 6.45) is 7.71. The maximum atomic E-state index is 6.22. The van der Waals surface area contributed by atoms with Crippen molar-refractivity contribution in [2.24, 2.45) is 5.73 Å². The predicted octanol–water partition coefficient (Wildman–Crippen LogP) is 3.48. The third-order valence-electron chi connectivity index (χ3n) is 4.76. The van der Waals surface area contributed by atoms with Crippen molar-refractivity contribution in [3.05, 3.63) is 47.3 Å². The molecule has 24 heavy (non-hydrogen) atoms. The lowest BCUT2D eigenvalue weighted by Gasteiger charge is -2.37. The summed E-state index contributed by atoms with van der Waals surface area (Å²) in [7, 11) is 0. The van der Waals surface area contributed by atoms with Gasteiger partial charge in [0.2, 0.25) is 0 Å². The van der Waals surface area contributed by atoms with Gasteiger partial charge >= 0.3 is 0 Å². The summed E-state index contributed by atoms with van der Waals surface area (Å²) in [6.45, 7) is 4.05. The van der Waals surface area contributed by atoms with Gasteiger partial charge < -0.3 is 10.6 Å². The number of nitrogens with zero attached hydrogens (tertiary/aromatic N) is 4. The molecule has 3 aromatic rings. The lowest BCUT2D eigenvalue weighted by molar-refractivity contribution is 0.363. The fraction of sp³-hybridized carbons (Fsp3) is 0.333. The van der Waals surface area contributed by atoms with Crippen molar-refractivity contribution in [1.82, 2.24) is 14.6 Å². The summed E-state index contributed by atoms with van der Waals surface area (Å²) in [6, 6.07) is 8.35. The van der Waals surface area contributed by atoms with Crippen LogP contribution in [-0.2, 0) is 0 Å². The van der Waals surface area contributed by atoms with Crippen molar-refractivity contribution in [1.29, 1.82) is 0 Å². The molecule has 0 unspecified atom stereocenters. The van der Waals surface area contributed by atoms with Crippen LogP contribution in [0, 0.1) is 0 Å². The Kier molecular flexibility index (Phi) is 3.81. The smallest absolute Gasteiger partial charge is 0.128 e. The molecular weight excluding hydrogens is 366 g/mol. The molecule has 1 aliphatic rings. The van der Waals surface area contributed by atoms with Crippen LogP contribution in [0.1, 0.15) is 19.8 Å². The number of rotatable bonds is 2. The Hall–Kier alpha value is -1.92. The molecule has 0 spiro atoms. The zero-order chi connectivity index (χ0) is 16.7. The number of nitrogens with two attached hydrogens (primary N) is 1. The molecule has 3 aromatic heterocycles. The van der Waals surface area contributed by atoms with Crippen LogP contribution in [0.5, 0.6) is 0 Å². The Morgan fingerprint density at radius 2 is 2.00 bits per heavy atom. The number of pyridine rings is 2. The summed E-state index contributed by atoms with van der Waals surface area (Å²) < 4.78 is 2.87. The molecule has 1 fully saturated rings. The maximum absolute atomic E-state index is 6.22. The van der Waals surface area contributed by atoms with E-state index in [0.29, 0.717) is 0 Å². The molecule has 0 aromatic carbocycles. The molecule has 4 heterocycles. The largest absolute Gasteiger partial charge is 0.356 e. The monoisotopic (exact) mass is 385 g/mol. The van der Waals surface area contributed by atoms with Crippen molar-refractivity contribution < 1.29 is 0 Å². The van der Waals surface area contributed by atoms with E-state index < -0.39 is 0 Å². The molecule has 0 atom stereocenters. The van der Waals surface area contributed by atoms with Crippen LogP contribution in [-0.4, -0.2) is 33.2 Å². The number of aromatic nitrogens is 3. The van der Waals surface area contributed by atoms with Crippen molar-refractivity contribution in [3.8, 4) is 11.1 Å². The highest BCUT2D eigenvalue weighted by Crippen LogP contribution is 2.29. The van der Waals surface area contributed by atoms with Gasteiger partial charge in [-0.2, -0.15) is 5.10 Å². The zero-order valence-electron chi connectivity index (χ0n) is 13.6. The zero-order valence-corrected chi connectivity index (χ0v) is 15.2. The number of hydrogen-bond donors (Lipinski definition) is 1. The average Bonchev–Trinajstić information content (AvgIpc) is 3.02. The first-order chi connectivity index (χ1) is 11.5. The van der Waals surface area contributed by atoms with E-state index in [0.717, 1.165) is 52.9 Å². The van der Waals surface area contributed by atoms with Gasteiger partial charge in [-0.25, -0.2) is 9.50 Å². The number of hydrogen-bond acceptors (Lipinski definition) is 4. The van der Waals surface area contributed by atoms with Crippen LogP contribution in [0.4, 0.5) is 5.82 Å². The third-order valence-corrected chi connectivity index (χ3v) is 5.20. The second kappa shape index (κ2) is 5.86. The van der Waals surface area contributed by atoms with Gasteiger partial charge in [-0.15, -0.1) is 0 Å². The summed E-state index contributed by atoms with van der Waals surface area (Å²) in [4.78, 5) is 7.00. The van der Waals surface area contributed by atoms with E-state index in [1.54, 1.807) is 0 Å². The molecule has 1 saturated heterocycles. The topological polar surface area (TPSA) is 59.5 Å². The van der Waals surface area contributed by atoms with Crippen LogP contribution >= 0.6 is 15.9 Å². The van der Waals surface area contributed by atoms with E-state index in [1.807, 2.05) is 29.2 Å². The highest BCUT2D eigenvalue weighted by Gasteiger charge is 2.26. The van der Waals surface area contributed by atoms with Gasteiger partial charge in [0.15, 0.2) is 0 Å². The fourth-order valence-electron chi connectivity index (χ4n) is 3.21. The summed E-state index contributed by atoms with van der Waals surface area (Å²) >= 11 is 3.55. The SMILES string of the molecule is CC1(N)CCN(c2ccc(-c3cc(Br)cn4nccc34)cn2)CC1. The molecule has 5 nitrogen and oxygen atoms in total. The van der Waals surface area contributed by atoms with Gasteiger partial charge in [-0.1, -0.05) is 0 Å². The molecular formula is C18H20BrN5. The molecule has 1 aliphatic heterocycles. The number of anilines is 1. The lowest BCUT2D eigenvalue weighted by Crippen LogP contribution is -2.48. The van der Waals surface area contributed by atoms with Crippen LogP contribution in [0.15, 0.2) is 47.3 Å². The number of fused-ring (bicyclic) bond motifs is 1. The van der Waals surface area contributed by atoms with Crippen molar-refractivity contribution >= 4 is 27.3 Å². The van der Waals surface area contributed by atoms with Crippen LogP contribution in [0.25, 0.3) is 16.6 Å². The number of halogens is 1. The second-order valence-corrected chi connectivity index (χ2v) is 7.69. The van der Waals surface area contributed by atoms with E-state index in [4.69, 9.17) is 5.73 Å². The Morgan fingerprint density at radius 1 is 1.21 bits per heavy atom. The molecule has 0 bridgehead atoms. The molecule has 0 amide bonds. The van der Waals surface area contributed by atoms with Crippen LogP contribution < -0.4 is 10.6 Å². The van der Waals surface area contributed by atoms with Crippen LogP contribution in [0.2, 0.25) is 0 Å². The first-order valence-corrected chi connectivity index (χ1v) is 8.94. The van der Waals surface area contributed by atoms with Crippen molar-refractivity contribution in [2.75, 3.05) is 18.0 Å². The van der Waals surface area contributed by atoms with Gasteiger partial charge in [0, 0.05) is 46.6 Å². The van der Waals surface area contributed by atoms with Crippen molar-refractivity contribution in [2.45, 2.75) is 25.3 Å². The number of piperidine rings is 1. The van der Waals surface area contributed by atoms with Gasteiger partial charge in [0.05, 0.1) is 11.7 Å². The average molecular weight is 386 g/mol. The minimum Gasteiger partial charge on any atom is -0.356 e. The lowest BCUT2D eigenvalue weighted by atomic mass is 9.91. The third kappa shape index (κ3) is 2.91. The van der Waals surface area contributed by atoms with E-state index in [-0.39, 0.29) is 5.54 Å². The Bertz CT molecular complexity index is 859. The quantitative estimate of drug-likeness (QED) is 0.733. The normalized spacial score (nSPS) is 17.4. The summed E-state index contributed by atoms with van der Waals surface area (Å²) in [5.41, 5.74) is 9.46. The van der Waals surface area contributed by atoms with Crippen LogP contribution in [0.3, 0.4) is 0 Å². The highest BCUT2D eigenvalue weighted by atomic mass is 79.9. The predicted molar refractivity (Wildman–Crippen MR) is 100 cm³/mol. The van der Waals surface area contributed by atoms with E-state index in [9.17, 15) is 0 Å². The molecule has 2 N–H and O–H groups in total. The Morgan fingerprint density at radius 3 is 2.71 bits per heavy atom. The molecule has 6 heteroatoms. The first kappa shape index (κ1) is 15.6. The minimum atomic E-state index is -0.0413. The van der Waals surface area contributed by atoms with Gasteiger partial charge in [-0.3, -0.25) is 0 Å². The standard InChI is InChI=1S/C18H20BrN5/c1-18(20)5-8-23(9-6-18)17-3-2-13(11-21-17)15-10-14(19)12-24-16(15)4-7-22-24/h2-4,7,10-12H,5-6,8-9,20H2,1H3. The highest BCUT2D eigenvalue weighted by molar-refractivity contribution is 9.10. The molecule has 0 saturated carbocycles. The van der Waals surface area contributed by atoms with E-state index >= 15 is 0 Å².